The summed E-state index contributed by atoms with van der Waals surface area (Å²) < 4.78 is 0. The maximum Gasteiger partial charge on any atom is 0.222 e. The van der Waals surface area contributed by atoms with Gasteiger partial charge in [-0.25, -0.2) is 0 Å². The minimum absolute atomic E-state index is 0.264. The fourth-order valence-corrected chi connectivity index (χ4v) is 1.81. The van der Waals surface area contributed by atoms with Crippen molar-refractivity contribution in [3.63, 3.8) is 0 Å². The Morgan fingerprint density at radius 2 is 2.00 bits per heavy atom. The molecule has 1 aliphatic rings. The highest BCUT2D eigenvalue weighted by molar-refractivity contribution is 6.30. The Labute approximate surface area is 88.5 Å². The van der Waals surface area contributed by atoms with Gasteiger partial charge in [0.15, 0.2) is 0 Å². The molecule has 1 saturated heterocycles. The lowest BCUT2D eigenvalue weighted by Gasteiger charge is -2.15. The maximum atomic E-state index is 11.3. The van der Waals surface area contributed by atoms with Crippen LogP contribution < -0.4 is 0 Å². The Balaban J connectivity index is 2.03. The predicted octanol–water partition coefficient (Wildman–Crippen LogP) is 2.46. The summed E-state index contributed by atoms with van der Waals surface area (Å²) in [5.74, 6) is 0.264. The van der Waals surface area contributed by atoms with E-state index in [0.717, 1.165) is 30.1 Å². The largest absolute Gasteiger partial charge is 0.338 e. The summed E-state index contributed by atoms with van der Waals surface area (Å²) in [6.45, 7) is 1.61. The van der Waals surface area contributed by atoms with Crippen LogP contribution in [-0.2, 0) is 11.3 Å². The SMILES string of the molecule is O=C1CCCN1Cc1ccc(Cl)cc1. The number of hydrogen-bond donors (Lipinski definition) is 0. The van der Waals surface area contributed by atoms with Crippen molar-refractivity contribution in [3.8, 4) is 0 Å². The fourth-order valence-electron chi connectivity index (χ4n) is 1.68. The van der Waals surface area contributed by atoms with Crippen LogP contribution in [0.2, 0.25) is 5.02 Å². The normalized spacial score (nSPS) is 16.4. The molecule has 1 aromatic carbocycles. The number of carbonyl (C=O) groups excluding carboxylic acids is 1. The van der Waals surface area contributed by atoms with Crippen molar-refractivity contribution in [2.45, 2.75) is 19.4 Å². The Bertz CT molecular complexity index is 334. The predicted molar refractivity (Wildman–Crippen MR) is 56.1 cm³/mol. The van der Waals surface area contributed by atoms with Crippen molar-refractivity contribution in [1.29, 1.82) is 0 Å². The molecule has 2 nitrogen and oxygen atoms in total. The molecule has 2 rings (SSSR count). The number of likely N-dealkylation sites (tertiary alicyclic amines) is 1. The van der Waals surface area contributed by atoms with E-state index in [1.807, 2.05) is 29.2 Å². The molecule has 1 fully saturated rings. The van der Waals surface area contributed by atoms with Gasteiger partial charge < -0.3 is 4.90 Å². The van der Waals surface area contributed by atoms with E-state index < -0.39 is 0 Å². The highest BCUT2D eigenvalue weighted by atomic mass is 35.5. The first kappa shape index (κ1) is 9.53. The van der Waals surface area contributed by atoms with Gasteiger partial charge in [-0.15, -0.1) is 0 Å². The number of hydrogen-bond acceptors (Lipinski definition) is 1. The maximum absolute atomic E-state index is 11.3. The first-order valence-corrected chi connectivity index (χ1v) is 5.16. The zero-order valence-corrected chi connectivity index (χ0v) is 8.63. The Morgan fingerprint density at radius 3 is 2.57 bits per heavy atom. The minimum Gasteiger partial charge on any atom is -0.338 e. The molecular weight excluding hydrogens is 198 g/mol. The molecule has 1 aromatic rings. The number of halogens is 1. The number of amides is 1. The van der Waals surface area contributed by atoms with Crippen LogP contribution in [0.5, 0.6) is 0 Å². The summed E-state index contributed by atoms with van der Waals surface area (Å²) in [7, 11) is 0. The molecular formula is C11H12ClNO. The van der Waals surface area contributed by atoms with Crippen molar-refractivity contribution in [2.24, 2.45) is 0 Å². The van der Waals surface area contributed by atoms with Gasteiger partial charge in [-0.1, -0.05) is 23.7 Å². The number of nitrogens with zero attached hydrogens (tertiary/aromatic N) is 1. The fraction of sp³-hybridized carbons (Fsp3) is 0.364. The Kier molecular flexibility index (Phi) is 2.73. The van der Waals surface area contributed by atoms with Crippen LogP contribution in [-0.4, -0.2) is 17.4 Å². The van der Waals surface area contributed by atoms with Gasteiger partial charge in [-0.05, 0) is 24.1 Å². The van der Waals surface area contributed by atoms with Gasteiger partial charge in [0, 0.05) is 24.5 Å². The van der Waals surface area contributed by atoms with Crippen LogP contribution in [0.3, 0.4) is 0 Å². The number of rotatable bonds is 2. The Morgan fingerprint density at radius 1 is 1.29 bits per heavy atom. The van der Waals surface area contributed by atoms with E-state index in [2.05, 4.69) is 0 Å². The van der Waals surface area contributed by atoms with E-state index in [4.69, 9.17) is 11.6 Å². The van der Waals surface area contributed by atoms with Gasteiger partial charge in [-0.3, -0.25) is 4.79 Å². The summed E-state index contributed by atoms with van der Waals surface area (Å²) in [5.41, 5.74) is 1.14. The molecule has 0 aliphatic carbocycles. The van der Waals surface area contributed by atoms with Crippen LogP contribution in [0, 0.1) is 0 Å². The van der Waals surface area contributed by atoms with Crippen molar-refractivity contribution in [1.82, 2.24) is 4.90 Å². The molecule has 1 heterocycles. The molecule has 0 N–H and O–H groups in total. The van der Waals surface area contributed by atoms with E-state index >= 15 is 0 Å². The van der Waals surface area contributed by atoms with Crippen molar-refractivity contribution >= 4 is 17.5 Å². The van der Waals surface area contributed by atoms with Crippen LogP contribution in [0.4, 0.5) is 0 Å². The van der Waals surface area contributed by atoms with Crippen molar-refractivity contribution in [2.75, 3.05) is 6.54 Å². The van der Waals surface area contributed by atoms with Crippen LogP contribution >= 0.6 is 11.6 Å². The van der Waals surface area contributed by atoms with E-state index in [1.165, 1.54) is 0 Å². The quantitative estimate of drug-likeness (QED) is 0.733. The van der Waals surface area contributed by atoms with Crippen molar-refractivity contribution < 1.29 is 4.79 Å². The molecule has 14 heavy (non-hydrogen) atoms. The molecule has 0 bridgehead atoms. The van der Waals surface area contributed by atoms with Crippen molar-refractivity contribution in [3.05, 3.63) is 34.9 Å². The summed E-state index contributed by atoms with van der Waals surface area (Å²) in [5, 5.41) is 0.737. The molecule has 0 aromatic heterocycles. The first-order valence-electron chi connectivity index (χ1n) is 4.78. The first-order chi connectivity index (χ1) is 6.75. The summed E-state index contributed by atoms with van der Waals surface area (Å²) in [6, 6.07) is 7.65. The van der Waals surface area contributed by atoms with Crippen LogP contribution in [0.25, 0.3) is 0 Å². The highest BCUT2D eigenvalue weighted by Crippen LogP contribution is 2.15. The highest BCUT2D eigenvalue weighted by Gasteiger charge is 2.19. The summed E-state index contributed by atoms with van der Waals surface area (Å²) in [4.78, 5) is 13.2. The number of carbonyl (C=O) groups is 1. The molecule has 0 saturated carbocycles. The molecule has 0 spiro atoms. The second-order valence-electron chi connectivity index (χ2n) is 3.55. The zero-order valence-electron chi connectivity index (χ0n) is 7.87. The van der Waals surface area contributed by atoms with E-state index in [-0.39, 0.29) is 5.91 Å². The van der Waals surface area contributed by atoms with Crippen LogP contribution in [0.1, 0.15) is 18.4 Å². The summed E-state index contributed by atoms with van der Waals surface area (Å²) in [6.07, 6.45) is 1.69. The molecule has 74 valence electrons. The third kappa shape index (κ3) is 2.07. The standard InChI is InChI=1S/C11H12ClNO/c12-10-5-3-9(4-6-10)8-13-7-1-2-11(13)14/h3-6H,1-2,7-8H2. The Hall–Kier alpha value is -1.02. The molecule has 0 radical (unpaired) electrons. The van der Waals surface area contributed by atoms with Gasteiger partial charge in [0.2, 0.25) is 5.91 Å². The van der Waals surface area contributed by atoms with Gasteiger partial charge in [-0.2, -0.15) is 0 Å². The van der Waals surface area contributed by atoms with Crippen LogP contribution in [0.15, 0.2) is 24.3 Å². The smallest absolute Gasteiger partial charge is 0.222 e. The van der Waals surface area contributed by atoms with E-state index in [0.29, 0.717) is 6.42 Å². The molecule has 1 amide bonds. The van der Waals surface area contributed by atoms with Gasteiger partial charge in [0.25, 0.3) is 0 Å². The lowest BCUT2D eigenvalue weighted by atomic mass is 10.2. The minimum atomic E-state index is 0.264. The van der Waals surface area contributed by atoms with E-state index in [1.54, 1.807) is 0 Å². The average Bonchev–Trinajstić information content (AvgIpc) is 2.56. The monoisotopic (exact) mass is 209 g/mol. The van der Waals surface area contributed by atoms with E-state index in [9.17, 15) is 4.79 Å². The second-order valence-corrected chi connectivity index (χ2v) is 3.98. The lowest BCUT2D eigenvalue weighted by Crippen LogP contribution is -2.23. The topological polar surface area (TPSA) is 20.3 Å². The average molecular weight is 210 g/mol. The third-order valence-electron chi connectivity index (χ3n) is 2.46. The molecule has 3 heteroatoms. The molecule has 0 atom stereocenters. The van der Waals surface area contributed by atoms with Gasteiger partial charge in [0.05, 0.1) is 0 Å². The van der Waals surface area contributed by atoms with Gasteiger partial charge in [0.1, 0.15) is 0 Å². The van der Waals surface area contributed by atoms with Gasteiger partial charge >= 0.3 is 0 Å². The zero-order chi connectivity index (χ0) is 9.97. The second kappa shape index (κ2) is 4.01. The molecule has 0 unspecified atom stereocenters. The lowest BCUT2D eigenvalue weighted by molar-refractivity contribution is -0.128. The third-order valence-corrected chi connectivity index (χ3v) is 2.71. The summed E-state index contributed by atoms with van der Waals surface area (Å²) >= 11 is 5.78. The number of benzene rings is 1. The molecule has 1 aliphatic heterocycles.